The number of carbonyl (C=O) groups is 1. The first-order chi connectivity index (χ1) is 8.72. The number of aromatic nitrogens is 1. The fourth-order valence-corrected chi connectivity index (χ4v) is 2.22. The van der Waals surface area contributed by atoms with Crippen LogP contribution in [-0.4, -0.2) is 42.8 Å². The highest BCUT2D eigenvalue weighted by atomic mass is 16.5. The number of carbonyl (C=O) groups excluding carboxylic acids is 1. The van der Waals surface area contributed by atoms with E-state index < -0.39 is 5.91 Å². The third-order valence-corrected chi connectivity index (χ3v) is 3.07. The zero-order chi connectivity index (χ0) is 13.0. The molecular formula is C11H18N4O3. The smallest absolute Gasteiger partial charge is 0.287 e. The van der Waals surface area contributed by atoms with Crippen LogP contribution >= 0.6 is 0 Å². The second-order valence-corrected chi connectivity index (χ2v) is 4.50. The number of rotatable bonds is 5. The fraction of sp³-hybridized carbons (Fsp3) is 0.636. The quantitative estimate of drug-likeness (QED) is 0.427. The van der Waals surface area contributed by atoms with Gasteiger partial charge in [0, 0.05) is 19.7 Å². The first kappa shape index (κ1) is 13.0. The van der Waals surface area contributed by atoms with E-state index in [1.807, 2.05) is 5.43 Å². The predicted octanol–water partition coefficient (Wildman–Crippen LogP) is -0.254. The van der Waals surface area contributed by atoms with Crippen molar-refractivity contribution in [2.75, 3.05) is 26.8 Å². The second-order valence-electron chi connectivity index (χ2n) is 4.50. The molecule has 0 bridgehead atoms. The third kappa shape index (κ3) is 3.06. The highest BCUT2D eigenvalue weighted by molar-refractivity contribution is 5.91. The zero-order valence-electron chi connectivity index (χ0n) is 10.4. The molecule has 1 atom stereocenters. The molecular weight excluding hydrogens is 236 g/mol. The monoisotopic (exact) mass is 254 g/mol. The summed E-state index contributed by atoms with van der Waals surface area (Å²) in [4.78, 5) is 13.5. The van der Waals surface area contributed by atoms with Gasteiger partial charge in [-0.25, -0.2) is 5.84 Å². The molecule has 0 radical (unpaired) electrons. The van der Waals surface area contributed by atoms with Crippen molar-refractivity contribution in [3.8, 4) is 0 Å². The summed E-state index contributed by atoms with van der Waals surface area (Å²) in [5.41, 5.74) is 2.23. The standard InChI is InChI=1S/C11H18N4O3/c1-17-7-8-2-3-15(5-8)6-9-4-10(14-18-9)11(16)13-12/h4,8H,2-3,5-7,12H2,1H3,(H,13,16). The molecule has 2 heterocycles. The van der Waals surface area contributed by atoms with Crippen LogP contribution in [0.4, 0.5) is 0 Å². The van der Waals surface area contributed by atoms with Crippen molar-refractivity contribution in [3.63, 3.8) is 0 Å². The average molecular weight is 254 g/mol. The molecule has 0 aromatic carbocycles. The van der Waals surface area contributed by atoms with Crippen molar-refractivity contribution < 1.29 is 14.1 Å². The van der Waals surface area contributed by atoms with E-state index in [2.05, 4.69) is 10.1 Å². The van der Waals surface area contributed by atoms with Gasteiger partial charge >= 0.3 is 0 Å². The van der Waals surface area contributed by atoms with Gasteiger partial charge in [0.25, 0.3) is 5.91 Å². The number of hydrogen-bond donors (Lipinski definition) is 2. The SMILES string of the molecule is COCC1CCN(Cc2cc(C(=O)NN)no2)C1. The highest BCUT2D eigenvalue weighted by Crippen LogP contribution is 2.19. The van der Waals surface area contributed by atoms with Crippen molar-refractivity contribution in [1.29, 1.82) is 0 Å². The van der Waals surface area contributed by atoms with Gasteiger partial charge in [-0.05, 0) is 18.9 Å². The summed E-state index contributed by atoms with van der Waals surface area (Å²) in [5.74, 6) is 5.83. The normalized spacial score (nSPS) is 20.2. The van der Waals surface area contributed by atoms with Crippen LogP contribution in [0.25, 0.3) is 0 Å². The van der Waals surface area contributed by atoms with Crippen molar-refractivity contribution in [1.82, 2.24) is 15.5 Å². The number of nitrogens with two attached hydrogens (primary N) is 1. The molecule has 1 amide bonds. The van der Waals surface area contributed by atoms with Crippen molar-refractivity contribution in [2.24, 2.45) is 11.8 Å². The van der Waals surface area contributed by atoms with Crippen molar-refractivity contribution in [3.05, 3.63) is 17.5 Å². The second kappa shape index (κ2) is 5.94. The van der Waals surface area contributed by atoms with Gasteiger partial charge in [-0.1, -0.05) is 5.16 Å². The Bertz CT molecular complexity index is 407. The summed E-state index contributed by atoms with van der Waals surface area (Å²) in [5, 5.41) is 3.67. The van der Waals surface area contributed by atoms with E-state index in [1.54, 1.807) is 13.2 Å². The lowest BCUT2D eigenvalue weighted by atomic mass is 10.1. The number of nitrogens with one attached hydrogen (secondary N) is 1. The van der Waals surface area contributed by atoms with Crippen LogP contribution in [0.3, 0.4) is 0 Å². The van der Waals surface area contributed by atoms with E-state index in [0.717, 1.165) is 26.1 Å². The van der Waals surface area contributed by atoms with Gasteiger partial charge in [-0.3, -0.25) is 15.1 Å². The summed E-state index contributed by atoms with van der Waals surface area (Å²) >= 11 is 0. The Labute approximate surface area is 105 Å². The lowest BCUT2D eigenvalue weighted by Crippen LogP contribution is -2.30. The number of hydrazine groups is 1. The Morgan fingerprint density at radius 2 is 2.61 bits per heavy atom. The van der Waals surface area contributed by atoms with Crippen LogP contribution in [0.2, 0.25) is 0 Å². The molecule has 100 valence electrons. The maximum atomic E-state index is 11.2. The Kier molecular flexibility index (Phi) is 4.29. The highest BCUT2D eigenvalue weighted by Gasteiger charge is 2.23. The van der Waals surface area contributed by atoms with E-state index in [0.29, 0.717) is 18.2 Å². The molecule has 1 aliphatic rings. The van der Waals surface area contributed by atoms with Gasteiger partial charge < -0.3 is 9.26 Å². The molecule has 18 heavy (non-hydrogen) atoms. The summed E-state index contributed by atoms with van der Waals surface area (Å²) in [6.07, 6.45) is 1.12. The minimum atomic E-state index is -0.441. The molecule has 7 heteroatoms. The molecule has 1 aliphatic heterocycles. The zero-order valence-corrected chi connectivity index (χ0v) is 10.4. The summed E-state index contributed by atoms with van der Waals surface area (Å²) in [6.45, 7) is 3.43. The Balaban J connectivity index is 1.87. The van der Waals surface area contributed by atoms with Crippen LogP contribution in [0.15, 0.2) is 10.6 Å². The van der Waals surface area contributed by atoms with E-state index in [4.69, 9.17) is 15.1 Å². The van der Waals surface area contributed by atoms with Crippen molar-refractivity contribution >= 4 is 5.91 Å². The molecule has 1 unspecified atom stereocenters. The number of likely N-dealkylation sites (tertiary alicyclic amines) is 1. The minimum absolute atomic E-state index is 0.208. The lowest BCUT2D eigenvalue weighted by molar-refractivity contribution is 0.0944. The molecule has 1 aromatic rings. The molecule has 1 saturated heterocycles. The van der Waals surface area contributed by atoms with Gasteiger partial charge in [-0.15, -0.1) is 0 Å². The average Bonchev–Trinajstić information content (AvgIpc) is 2.99. The third-order valence-electron chi connectivity index (χ3n) is 3.07. The number of methoxy groups -OCH3 is 1. The van der Waals surface area contributed by atoms with Crippen molar-refractivity contribution in [2.45, 2.75) is 13.0 Å². The predicted molar refractivity (Wildman–Crippen MR) is 63.4 cm³/mol. The van der Waals surface area contributed by atoms with E-state index in [-0.39, 0.29) is 5.69 Å². The minimum Gasteiger partial charge on any atom is -0.384 e. The molecule has 1 aromatic heterocycles. The number of amides is 1. The molecule has 3 N–H and O–H groups in total. The molecule has 0 spiro atoms. The van der Waals surface area contributed by atoms with Gasteiger partial charge in [0.15, 0.2) is 11.5 Å². The van der Waals surface area contributed by atoms with Crippen LogP contribution in [0.1, 0.15) is 22.7 Å². The Morgan fingerprint density at radius 1 is 1.78 bits per heavy atom. The summed E-state index contributed by atoms with van der Waals surface area (Å²) in [7, 11) is 1.72. The largest absolute Gasteiger partial charge is 0.384 e. The van der Waals surface area contributed by atoms with Gasteiger partial charge in [0.05, 0.1) is 13.2 Å². The molecule has 0 aliphatic carbocycles. The fourth-order valence-electron chi connectivity index (χ4n) is 2.22. The van der Waals surface area contributed by atoms with E-state index in [9.17, 15) is 4.79 Å². The lowest BCUT2D eigenvalue weighted by Gasteiger charge is -2.13. The number of nitrogens with zero attached hydrogens (tertiary/aromatic N) is 2. The molecule has 0 saturated carbocycles. The van der Waals surface area contributed by atoms with Gasteiger partial charge in [0.2, 0.25) is 0 Å². The number of nitrogen functional groups attached to an aromatic ring is 1. The molecule has 1 fully saturated rings. The van der Waals surface area contributed by atoms with E-state index >= 15 is 0 Å². The Hall–Kier alpha value is -1.44. The summed E-state index contributed by atoms with van der Waals surface area (Å²) in [6, 6.07) is 1.62. The van der Waals surface area contributed by atoms with Gasteiger partial charge in [0.1, 0.15) is 0 Å². The first-order valence-electron chi connectivity index (χ1n) is 5.90. The number of ether oxygens (including phenoxy) is 1. The number of hydrogen-bond acceptors (Lipinski definition) is 6. The first-order valence-corrected chi connectivity index (χ1v) is 5.90. The maximum absolute atomic E-state index is 11.2. The topological polar surface area (TPSA) is 93.6 Å². The maximum Gasteiger partial charge on any atom is 0.287 e. The van der Waals surface area contributed by atoms with Crippen LogP contribution in [0.5, 0.6) is 0 Å². The summed E-state index contributed by atoms with van der Waals surface area (Å²) < 4.78 is 10.3. The van der Waals surface area contributed by atoms with Crippen LogP contribution in [-0.2, 0) is 11.3 Å². The molecule has 7 nitrogen and oxygen atoms in total. The molecule has 2 rings (SSSR count). The van der Waals surface area contributed by atoms with Gasteiger partial charge in [-0.2, -0.15) is 0 Å². The van der Waals surface area contributed by atoms with Crippen LogP contribution < -0.4 is 11.3 Å². The van der Waals surface area contributed by atoms with E-state index in [1.165, 1.54) is 0 Å². The Morgan fingerprint density at radius 3 is 3.33 bits per heavy atom. The van der Waals surface area contributed by atoms with Crippen LogP contribution in [0, 0.1) is 5.92 Å².